The van der Waals surface area contributed by atoms with Crippen LogP contribution in [0, 0.1) is 0 Å². The van der Waals surface area contributed by atoms with E-state index in [0.29, 0.717) is 12.1 Å². The molecule has 0 aliphatic heterocycles. The second-order valence-corrected chi connectivity index (χ2v) is 6.26. The van der Waals surface area contributed by atoms with E-state index in [-0.39, 0.29) is 5.91 Å². The van der Waals surface area contributed by atoms with Crippen LogP contribution in [-0.2, 0) is 12.3 Å². The zero-order chi connectivity index (χ0) is 15.8. The van der Waals surface area contributed by atoms with Gasteiger partial charge in [0, 0.05) is 24.7 Å². The van der Waals surface area contributed by atoms with Gasteiger partial charge < -0.3 is 14.6 Å². The minimum absolute atomic E-state index is 0.0834. The molecule has 0 fully saturated rings. The zero-order valence-electron chi connectivity index (χ0n) is 12.9. The maximum Gasteiger partial charge on any atom is 0.252 e. The molecule has 0 aliphatic rings. The molecule has 0 saturated heterocycles. The summed E-state index contributed by atoms with van der Waals surface area (Å²) in [5.74, 6) is 3.53. The minimum atomic E-state index is -0.0834. The van der Waals surface area contributed by atoms with Gasteiger partial charge in [-0.15, -0.1) is 0 Å². The van der Waals surface area contributed by atoms with Gasteiger partial charge in [0.25, 0.3) is 5.91 Å². The largest absolute Gasteiger partial charge is 0.464 e. The number of aromatic nitrogens is 1. The molecule has 0 unspecified atom stereocenters. The third-order valence-electron chi connectivity index (χ3n) is 2.89. The Morgan fingerprint density at radius 2 is 2.14 bits per heavy atom. The molecule has 0 spiro atoms. The van der Waals surface area contributed by atoms with Crippen LogP contribution >= 0.6 is 11.8 Å². The third-order valence-corrected chi connectivity index (χ3v) is 3.87. The molecular formula is C16H21N3O2S. The van der Waals surface area contributed by atoms with Crippen molar-refractivity contribution >= 4 is 17.7 Å². The number of carbonyl (C=O) groups excluding carboxylic acids is 1. The van der Waals surface area contributed by atoms with E-state index < -0.39 is 0 Å². The van der Waals surface area contributed by atoms with E-state index in [4.69, 9.17) is 4.42 Å². The number of nitrogens with one attached hydrogen (secondary N) is 1. The lowest BCUT2D eigenvalue weighted by molar-refractivity contribution is 0.0956. The summed E-state index contributed by atoms with van der Waals surface area (Å²) in [5.41, 5.74) is 0.590. The van der Waals surface area contributed by atoms with Gasteiger partial charge in [-0.2, -0.15) is 11.8 Å². The number of amides is 1. The van der Waals surface area contributed by atoms with Gasteiger partial charge in [0.2, 0.25) is 0 Å². The average Bonchev–Trinajstić information content (AvgIpc) is 2.94. The predicted molar refractivity (Wildman–Crippen MR) is 88.8 cm³/mol. The molecule has 0 bridgehead atoms. The summed E-state index contributed by atoms with van der Waals surface area (Å²) in [7, 11) is 4.03. The van der Waals surface area contributed by atoms with Crippen molar-refractivity contribution in [2.45, 2.75) is 12.3 Å². The molecule has 0 aromatic carbocycles. The van der Waals surface area contributed by atoms with Crippen molar-refractivity contribution in [3.8, 4) is 0 Å². The lowest BCUT2D eigenvalue weighted by Crippen LogP contribution is -2.25. The fourth-order valence-corrected chi connectivity index (χ4v) is 2.65. The molecule has 1 N–H and O–H groups in total. The number of furan rings is 1. The third kappa shape index (κ3) is 5.54. The van der Waals surface area contributed by atoms with Gasteiger partial charge in [-0.05, 0) is 38.4 Å². The second kappa shape index (κ2) is 8.60. The Kier molecular flexibility index (Phi) is 6.48. The Labute approximate surface area is 135 Å². The fraction of sp³-hybridized carbons (Fsp3) is 0.375. The number of carbonyl (C=O) groups is 1. The molecule has 0 radical (unpaired) electrons. The molecule has 5 nitrogen and oxygen atoms in total. The molecule has 0 saturated carbocycles. The number of hydrogen-bond acceptors (Lipinski definition) is 5. The van der Waals surface area contributed by atoms with E-state index >= 15 is 0 Å². The maximum atomic E-state index is 11.8. The fourth-order valence-electron chi connectivity index (χ4n) is 1.91. The molecule has 2 rings (SSSR count). The van der Waals surface area contributed by atoms with Crippen LogP contribution in [0.3, 0.4) is 0 Å². The van der Waals surface area contributed by atoms with Crippen molar-refractivity contribution < 1.29 is 9.21 Å². The van der Waals surface area contributed by atoms with E-state index in [0.717, 1.165) is 29.6 Å². The topological polar surface area (TPSA) is 58.4 Å². The monoisotopic (exact) mass is 319 g/mol. The van der Waals surface area contributed by atoms with Crippen LogP contribution in [0.15, 0.2) is 41.1 Å². The van der Waals surface area contributed by atoms with Crippen molar-refractivity contribution in [3.05, 3.63) is 53.7 Å². The number of rotatable bonds is 8. The normalized spacial score (nSPS) is 10.9. The summed E-state index contributed by atoms with van der Waals surface area (Å²) in [5, 5.41) is 2.88. The van der Waals surface area contributed by atoms with Crippen molar-refractivity contribution in [2.75, 3.05) is 26.4 Å². The minimum Gasteiger partial charge on any atom is -0.464 e. The molecular weight excluding hydrogens is 298 g/mol. The molecule has 2 heterocycles. The first-order chi connectivity index (χ1) is 10.6. The van der Waals surface area contributed by atoms with Gasteiger partial charge in [0.15, 0.2) is 0 Å². The van der Waals surface area contributed by atoms with Crippen molar-refractivity contribution in [1.29, 1.82) is 0 Å². The van der Waals surface area contributed by atoms with Crippen LogP contribution in [0.25, 0.3) is 0 Å². The van der Waals surface area contributed by atoms with Crippen molar-refractivity contribution in [2.24, 2.45) is 0 Å². The van der Waals surface area contributed by atoms with E-state index in [1.165, 1.54) is 0 Å². The van der Waals surface area contributed by atoms with Crippen molar-refractivity contribution in [3.63, 3.8) is 0 Å². The summed E-state index contributed by atoms with van der Waals surface area (Å²) in [6.07, 6.45) is 3.22. The summed E-state index contributed by atoms with van der Waals surface area (Å²) in [6, 6.07) is 7.54. The Morgan fingerprint density at radius 3 is 2.86 bits per heavy atom. The SMILES string of the molecule is CN(C)Cc1ccc(CSCCNC(=O)c2cccnc2)o1. The molecule has 0 aliphatic carbocycles. The highest BCUT2D eigenvalue weighted by atomic mass is 32.2. The Bertz CT molecular complexity index is 584. The quantitative estimate of drug-likeness (QED) is 0.757. The highest BCUT2D eigenvalue weighted by Crippen LogP contribution is 2.15. The second-order valence-electron chi connectivity index (χ2n) is 5.16. The average molecular weight is 319 g/mol. The highest BCUT2D eigenvalue weighted by Gasteiger charge is 2.05. The lowest BCUT2D eigenvalue weighted by atomic mass is 10.3. The van der Waals surface area contributed by atoms with Crippen LogP contribution in [0.4, 0.5) is 0 Å². The van der Waals surface area contributed by atoms with Crippen LogP contribution in [-0.4, -0.2) is 42.2 Å². The summed E-state index contributed by atoms with van der Waals surface area (Å²) in [6.45, 7) is 1.44. The Morgan fingerprint density at radius 1 is 1.32 bits per heavy atom. The summed E-state index contributed by atoms with van der Waals surface area (Å²) >= 11 is 1.74. The predicted octanol–water partition coefficient (Wildman–Crippen LogP) is 2.40. The molecule has 6 heteroatoms. The van der Waals surface area contributed by atoms with Crippen LogP contribution in [0.1, 0.15) is 21.9 Å². The van der Waals surface area contributed by atoms with E-state index in [1.54, 1.807) is 36.3 Å². The smallest absolute Gasteiger partial charge is 0.252 e. The molecule has 118 valence electrons. The lowest BCUT2D eigenvalue weighted by Gasteiger charge is -2.06. The first-order valence-corrected chi connectivity index (χ1v) is 8.29. The summed E-state index contributed by atoms with van der Waals surface area (Å²) < 4.78 is 5.73. The van der Waals surface area contributed by atoms with Gasteiger partial charge >= 0.3 is 0 Å². The van der Waals surface area contributed by atoms with Gasteiger partial charge in [0.1, 0.15) is 11.5 Å². The molecule has 22 heavy (non-hydrogen) atoms. The van der Waals surface area contributed by atoms with Crippen LogP contribution in [0.5, 0.6) is 0 Å². The molecule has 2 aromatic heterocycles. The van der Waals surface area contributed by atoms with Crippen LogP contribution < -0.4 is 5.32 Å². The highest BCUT2D eigenvalue weighted by molar-refractivity contribution is 7.98. The summed E-state index contributed by atoms with van der Waals surface area (Å²) in [4.78, 5) is 17.8. The number of nitrogens with zero attached hydrogens (tertiary/aromatic N) is 2. The van der Waals surface area contributed by atoms with Crippen molar-refractivity contribution in [1.82, 2.24) is 15.2 Å². The van der Waals surface area contributed by atoms with E-state index in [1.807, 2.05) is 26.2 Å². The van der Waals surface area contributed by atoms with Gasteiger partial charge in [-0.1, -0.05) is 0 Å². The van der Waals surface area contributed by atoms with Gasteiger partial charge in [-0.25, -0.2) is 0 Å². The standard InChI is InChI=1S/C16H21N3O2S/c1-19(2)11-14-5-6-15(21-14)12-22-9-8-18-16(20)13-4-3-7-17-10-13/h3-7,10H,8-9,11-12H2,1-2H3,(H,18,20). The number of thioether (sulfide) groups is 1. The molecule has 0 atom stereocenters. The van der Waals surface area contributed by atoms with Crippen LogP contribution in [0.2, 0.25) is 0 Å². The first kappa shape index (κ1) is 16.6. The first-order valence-electron chi connectivity index (χ1n) is 7.13. The van der Waals surface area contributed by atoms with E-state index in [9.17, 15) is 4.79 Å². The maximum absolute atomic E-state index is 11.8. The Balaban J connectivity index is 1.63. The Hall–Kier alpha value is -1.79. The number of pyridine rings is 1. The number of hydrogen-bond donors (Lipinski definition) is 1. The zero-order valence-corrected chi connectivity index (χ0v) is 13.7. The molecule has 2 aromatic rings. The molecule has 1 amide bonds. The van der Waals surface area contributed by atoms with E-state index in [2.05, 4.69) is 15.2 Å². The van der Waals surface area contributed by atoms with Gasteiger partial charge in [-0.3, -0.25) is 9.78 Å². The van der Waals surface area contributed by atoms with Gasteiger partial charge in [0.05, 0.1) is 17.9 Å².